The molecule has 1 aliphatic heterocycles. The van der Waals surface area contributed by atoms with Gasteiger partial charge < -0.3 is 5.11 Å². The van der Waals surface area contributed by atoms with Crippen LogP contribution in [0.3, 0.4) is 0 Å². The molecule has 26 heavy (non-hydrogen) atoms. The lowest BCUT2D eigenvalue weighted by Gasteiger charge is -2.22. The highest BCUT2D eigenvalue weighted by atomic mass is 16.4. The van der Waals surface area contributed by atoms with Crippen LogP contribution in [0.2, 0.25) is 0 Å². The average molecular weight is 344 g/mol. The minimum absolute atomic E-state index is 0.146. The number of nitrogens with zero attached hydrogens (tertiary/aromatic N) is 2. The number of imide groups is 1. The summed E-state index contributed by atoms with van der Waals surface area (Å²) in [6.07, 6.45) is 1.36. The first-order chi connectivity index (χ1) is 12.6. The summed E-state index contributed by atoms with van der Waals surface area (Å²) in [6.45, 7) is 0. The molecular weight excluding hydrogens is 332 g/mol. The van der Waals surface area contributed by atoms with Crippen LogP contribution in [0.25, 0.3) is 10.8 Å². The smallest absolute Gasteiger partial charge is 0.335 e. The molecule has 0 spiro atoms. The van der Waals surface area contributed by atoms with Gasteiger partial charge in [0.2, 0.25) is 0 Å². The van der Waals surface area contributed by atoms with E-state index in [-0.39, 0.29) is 5.56 Å². The standard InChI is InChI=1S/C20H12N2O4/c23-18-15-5-1-3-13-4-2-6-16(17(13)15)19(24)22(18)21-11-12-7-9-14(10-8-12)20(25)26/h1-11H,(H,25,26)/b21-11+. The highest BCUT2D eigenvalue weighted by Crippen LogP contribution is 2.29. The third-order valence-electron chi connectivity index (χ3n) is 4.23. The number of carbonyl (C=O) groups excluding carboxylic acids is 2. The summed E-state index contributed by atoms with van der Waals surface area (Å²) in [5.74, 6) is -2.00. The molecule has 6 heteroatoms. The lowest BCUT2D eigenvalue weighted by atomic mass is 9.95. The number of carboxylic acids is 1. The minimum Gasteiger partial charge on any atom is -0.478 e. The number of rotatable bonds is 3. The van der Waals surface area contributed by atoms with E-state index in [4.69, 9.17) is 5.11 Å². The van der Waals surface area contributed by atoms with Gasteiger partial charge in [0.25, 0.3) is 11.8 Å². The van der Waals surface area contributed by atoms with Crippen LogP contribution in [0.4, 0.5) is 0 Å². The fraction of sp³-hybridized carbons (Fsp3) is 0. The van der Waals surface area contributed by atoms with Crippen LogP contribution in [-0.2, 0) is 0 Å². The zero-order valence-corrected chi connectivity index (χ0v) is 13.4. The average Bonchev–Trinajstić information content (AvgIpc) is 2.66. The largest absolute Gasteiger partial charge is 0.478 e. The van der Waals surface area contributed by atoms with E-state index in [1.165, 1.54) is 18.3 Å². The molecule has 0 atom stereocenters. The van der Waals surface area contributed by atoms with Crippen LogP contribution in [0.5, 0.6) is 0 Å². The Morgan fingerprint density at radius 1 is 0.885 bits per heavy atom. The Hall–Kier alpha value is -3.80. The van der Waals surface area contributed by atoms with E-state index in [2.05, 4.69) is 5.10 Å². The maximum atomic E-state index is 12.7. The second kappa shape index (κ2) is 5.93. The summed E-state index contributed by atoms with van der Waals surface area (Å²) < 4.78 is 0. The summed E-state index contributed by atoms with van der Waals surface area (Å²) in [5, 5.41) is 15.3. The van der Waals surface area contributed by atoms with Crippen molar-refractivity contribution in [3.8, 4) is 0 Å². The molecule has 1 heterocycles. The van der Waals surface area contributed by atoms with Gasteiger partial charge in [0.05, 0.1) is 22.9 Å². The zero-order chi connectivity index (χ0) is 18.3. The van der Waals surface area contributed by atoms with Gasteiger partial charge in [0.1, 0.15) is 0 Å². The van der Waals surface area contributed by atoms with Crippen molar-refractivity contribution < 1.29 is 19.5 Å². The van der Waals surface area contributed by atoms with E-state index in [0.29, 0.717) is 22.1 Å². The van der Waals surface area contributed by atoms with E-state index in [9.17, 15) is 14.4 Å². The van der Waals surface area contributed by atoms with Gasteiger partial charge in [-0.25, -0.2) is 4.79 Å². The van der Waals surface area contributed by atoms with Crippen LogP contribution < -0.4 is 0 Å². The molecule has 0 saturated carbocycles. The number of carboxylic acid groups (broad SMARTS) is 1. The van der Waals surface area contributed by atoms with Gasteiger partial charge >= 0.3 is 5.97 Å². The van der Waals surface area contributed by atoms with E-state index >= 15 is 0 Å². The van der Waals surface area contributed by atoms with Crippen molar-refractivity contribution >= 4 is 34.8 Å². The molecule has 4 rings (SSSR count). The highest BCUT2D eigenvalue weighted by Gasteiger charge is 2.32. The predicted octanol–water partition coefficient (Wildman–Crippen LogP) is 3.17. The Morgan fingerprint density at radius 2 is 1.46 bits per heavy atom. The summed E-state index contributed by atoms with van der Waals surface area (Å²) in [7, 11) is 0. The summed E-state index contributed by atoms with van der Waals surface area (Å²) in [6, 6.07) is 16.6. The number of amides is 2. The Morgan fingerprint density at radius 3 is 2.00 bits per heavy atom. The van der Waals surface area contributed by atoms with E-state index in [1.807, 2.05) is 12.1 Å². The fourth-order valence-corrected chi connectivity index (χ4v) is 2.96. The number of hydrogen-bond donors (Lipinski definition) is 1. The molecule has 0 aliphatic carbocycles. The van der Waals surface area contributed by atoms with E-state index in [0.717, 1.165) is 10.4 Å². The Labute approximate surface area is 148 Å². The molecule has 0 unspecified atom stereocenters. The Bertz CT molecular complexity index is 1050. The Kier molecular flexibility index (Phi) is 3.58. The molecular formula is C20H12N2O4. The number of hydrogen-bond acceptors (Lipinski definition) is 4. The topological polar surface area (TPSA) is 87.0 Å². The van der Waals surface area contributed by atoms with Crippen molar-refractivity contribution in [3.05, 3.63) is 82.9 Å². The summed E-state index contributed by atoms with van der Waals surface area (Å²) in [5.41, 5.74) is 1.58. The SMILES string of the molecule is O=C(O)c1ccc(/C=N/N2C(=O)c3cccc4cccc(c34)C2=O)cc1. The molecule has 126 valence electrons. The van der Waals surface area contributed by atoms with Crippen molar-refractivity contribution in [1.82, 2.24) is 5.01 Å². The number of carbonyl (C=O) groups is 3. The van der Waals surface area contributed by atoms with Gasteiger partial charge in [0.15, 0.2) is 0 Å². The molecule has 1 aliphatic rings. The number of hydrazone groups is 1. The maximum Gasteiger partial charge on any atom is 0.335 e. The summed E-state index contributed by atoms with van der Waals surface area (Å²) >= 11 is 0. The van der Waals surface area contributed by atoms with Gasteiger partial charge in [-0.1, -0.05) is 36.4 Å². The van der Waals surface area contributed by atoms with Crippen molar-refractivity contribution in [2.45, 2.75) is 0 Å². The molecule has 0 fully saturated rings. The first kappa shape index (κ1) is 15.7. The molecule has 2 amide bonds. The lowest BCUT2D eigenvalue weighted by Crippen LogP contribution is -2.36. The highest BCUT2D eigenvalue weighted by molar-refractivity contribution is 6.25. The van der Waals surface area contributed by atoms with E-state index < -0.39 is 17.8 Å². The summed E-state index contributed by atoms with van der Waals surface area (Å²) in [4.78, 5) is 36.3. The number of benzene rings is 3. The first-order valence-corrected chi connectivity index (χ1v) is 7.84. The minimum atomic E-state index is -1.03. The van der Waals surface area contributed by atoms with Crippen molar-refractivity contribution in [1.29, 1.82) is 0 Å². The van der Waals surface area contributed by atoms with Gasteiger partial charge in [-0.05, 0) is 35.2 Å². The van der Waals surface area contributed by atoms with Crippen LogP contribution in [-0.4, -0.2) is 34.1 Å². The van der Waals surface area contributed by atoms with Gasteiger partial charge in [-0.15, -0.1) is 0 Å². The molecule has 0 radical (unpaired) electrons. The van der Waals surface area contributed by atoms with Crippen LogP contribution >= 0.6 is 0 Å². The molecule has 3 aromatic rings. The quantitative estimate of drug-likeness (QED) is 0.584. The second-order valence-corrected chi connectivity index (χ2v) is 5.80. The van der Waals surface area contributed by atoms with Crippen molar-refractivity contribution in [3.63, 3.8) is 0 Å². The molecule has 0 aromatic heterocycles. The van der Waals surface area contributed by atoms with E-state index in [1.54, 1.807) is 36.4 Å². The predicted molar refractivity (Wildman–Crippen MR) is 95.4 cm³/mol. The van der Waals surface area contributed by atoms with Crippen molar-refractivity contribution in [2.24, 2.45) is 5.10 Å². The molecule has 6 nitrogen and oxygen atoms in total. The Balaban J connectivity index is 1.71. The molecule has 3 aromatic carbocycles. The van der Waals surface area contributed by atoms with Gasteiger partial charge in [-0.3, -0.25) is 9.59 Å². The zero-order valence-electron chi connectivity index (χ0n) is 13.4. The third kappa shape index (κ3) is 2.44. The maximum absolute atomic E-state index is 12.7. The normalized spacial score (nSPS) is 13.6. The first-order valence-electron chi connectivity index (χ1n) is 7.84. The van der Waals surface area contributed by atoms with Crippen LogP contribution in [0, 0.1) is 0 Å². The van der Waals surface area contributed by atoms with Gasteiger partial charge in [-0.2, -0.15) is 10.1 Å². The monoisotopic (exact) mass is 344 g/mol. The van der Waals surface area contributed by atoms with Crippen LogP contribution in [0.15, 0.2) is 65.8 Å². The number of aromatic carboxylic acids is 1. The second-order valence-electron chi connectivity index (χ2n) is 5.80. The molecule has 1 N–H and O–H groups in total. The van der Waals surface area contributed by atoms with Crippen LogP contribution in [0.1, 0.15) is 36.6 Å². The van der Waals surface area contributed by atoms with Crippen molar-refractivity contribution in [2.75, 3.05) is 0 Å². The molecule has 0 bridgehead atoms. The third-order valence-corrected chi connectivity index (χ3v) is 4.23. The molecule has 0 saturated heterocycles. The fourth-order valence-electron chi connectivity index (χ4n) is 2.96. The lowest BCUT2D eigenvalue weighted by molar-refractivity contribution is 0.0614. The van der Waals surface area contributed by atoms with Gasteiger partial charge in [0, 0.05) is 5.39 Å².